The van der Waals surface area contributed by atoms with Crippen molar-refractivity contribution in [2.24, 2.45) is 0 Å². The minimum Gasteiger partial charge on any atom is -0.323 e. The number of aryl methyl sites for hydroxylation is 1. The molecule has 2 N–H and O–H groups in total. The van der Waals surface area contributed by atoms with E-state index in [-0.39, 0.29) is 11.3 Å². The Morgan fingerprint density at radius 1 is 0.966 bits per heavy atom. The highest BCUT2D eigenvalue weighted by atomic mass is 19.4. The van der Waals surface area contributed by atoms with Gasteiger partial charge in [0, 0.05) is 10.9 Å². The average molecular weight is 400 g/mol. The van der Waals surface area contributed by atoms with Crippen LogP contribution in [0.15, 0.2) is 48.5 Å². The highest BCUT2D eigenvalue weighted by molar-refractivity contribution is 5.91. The van der Waals surface area contributed by atoms with Crippen molar-refractivity contribution in [2.75, 3.05) is 5.32 Å². The van der Waals surface area contributed by atoms with Crippen molar-refractivity contribution in [3.05, 3.63) is 71.0 Å². The van der Waals surface area contributed by atoms with Crippen LogP contribution in [0, 0.1) is 19.7 Å². The number of nitrogens with one attached hydrogen (secondary N) is 2. The summed E-state index contributed by atoms with van der Waals surface area (Å²) in [6.45, 7) is 3.60. The zero-order valence-corrected chi connectivity index (χ0v) is 15.5. The van der Waals surface area contributed by atoms with E-state index in [0.29, 0.717) is 22.5 Å². The van der Waals surface area contributed by atoms with Gasteiger partial charge in [0.15, 0.2) is 5.82 Å². The molecule has 0 aliphatic rings. The molecule has 4 rings (SSSR count). The molecular formula is C21H16F4N4. The van der Waals surface area contributed by atoms with Crippen molar-refractivity contribution < 1.29 is 17.6 Å². The molecule has 2 aromatic heterocycles. The average Bonchev–Trinajstić information content (AvgIpc) is 3.06. The Morgan fingerprint density at radius 2 is 1.72 bits per heavy atom. The van der Waals surface area contributed by atoms with Crippen LogP contribution in [0.5, 0.6) is 0 Å². The Morgan fingerprint density at radius 3 is 2.48 bits per heavy atom. The molecule has 0 saturated carbocycles. The van der Waals surface area contributed by atoms with Crippen LogP contribution in [0.2, 0.25) is 0 Å². The van der Waals surface area contributed by atoms with Crippen LogP contribution in [0.4, 0.5) is 29.2 Å². The Bertz CT molecular complexity index is 1210. The number of rotatable bonds is 3. The quantitative estimate of drug-likeness (QED) is 0.406. The van der Waals surface area contributed by atoms with Gasteiger partial charge in [-0.25, -0.2) is 9.37 Å². The van der Waals surface area contributed by atoms with E-state index < -0.39 is 17.6 Å². The number of halogens is 4. The highest BCUT2D eigenvalue weighted by Crippen LogP contribution is 2.37. The fourth-order valence-electron chi connectivity index (χ4n) is 3.14. The number of pyridine rings is 1. The van der Waals surface area contributed by atoms with Crippen LogP contribution in [0.25, 0.3) is 22.2 Å². The van der Waals surface area contributed by atoms with Crippen molar-refractivity contribution >= 4 is 22.5 Å². The molecule has 8 heteroatoms. The Balaban J connectivity index is 1.83. The Kier molecular flexibility index (Phi) is 4.49. The van der Waals surface area contributed by atoms with Gasteiger partial charge in [-0.15, -0.1) is 0 Å². The first kappa shape index (κ1) is 18.9. The number of H-pyrrole nitrogens is 1. The largest absolute Gasteiger partial charge is 0.417 e. The molecule has 0 bridgehead atoms. The van der Waals surface area contributed by atoms with Gasteiger partial charge in [0.1, 0.15) is 11.6 Å². The zero-order chi connectivity index (χ0) is 20.8. The van der Waals surface area contributed by atoms with Crippen LogP contribution in [-0.4, -0.2) is 15.2 Å². The molecular weight excluding hydrogens is 384 g/mol. The van der Waals surface area contributed by atoms with Gasteiger partial charge in [0.25, 0.3) is 0 Å². The third-order valence-corrected chi connectivity index (χ3v) is 4.80. The second-order valence-corrected chi connectivity index (χ2v) is 6.73. The van der Waals surface area contributed by atoms with Gasteiger partial charge in [-0.3, -0.25) is 5.10 Å². The number of aromatic amines is 1. The molecule has 2 heterocycles. The summed E-state index contributed by atoms with van der Waals surface area (Å²) in [6.07, 6.45) is -4.50. The van der Waals surface area contributed by atoms with Gasteiger partial charge < -0.3 is 5.32 Å². The number of fused-ring (bicyclic) bond motifs is 1. The molecule has 29 heavy (non-hydrogen) atoms. The third-order valence-electron chi connectivity index (χ3n) is 4.80. The number of anilines is 2. The first-order valence-corrected chi connectivity index (χ1v) is 8.79. The molecule has 148 valence electrons. The third kappa shape index (κ3) is 3.53. The van der Waals surface area contributed by atoms with Gasteiger partial charge in [0.05, 0.1) is 16.8 Å². The molecule has 2 aromatic carbocycles. The lowest BCUT2D eigenvalue weighted by molar-refractivity contribution is -0.137. The summed E-state index contributed by atoms with van der Waals surface area (Å²) in [7, 11) is 0. The SMILES string of the molecule is Cc1cc(-c2ccccc2C(F)(F)F)nc(Nc2n[nH]c3ccc(F)cc23)c1C. The second kappa shape index (κ2) is 6.88. The summed E-state index contributed by atoms with van der Waals surface area (Å²) in [5.74, 6) is 0.279. The summed E-state index contributed by atoms with van der Waals surface area (Å²) < 4.78 is 53.9. The van der Waals surface area contributed by atoms with Crippen LogP contribution in [0.3, 0.4) is 0 Å². The van der Waals surface area contributed by atoms with E-state index in [2.05, 4.69) is 20.5 Å². The van der Waals surface area contributed by atoms with Crippen LogP contribution >= 0.6 is 0 Å². The predicted octanol–water partition coefficient (Wildman–Crippen LogP) is 6.14. The number of aromatic nitrogens is 3. The molecule has 0 radical (unpaired) electrons. The molecule has 0 fully saturated rings. The van der Waals surface area contributed by atoms with E-state index in [1.54, 1.807) is 32.0 Å². The van der Waals surface area contributed by atoms with E-state index in [1.807, 2.05) is 0 Å². The minimum atomic E-state index is -4.50. The lowest BCUT2D eigenvalue weighted by atomic mass is 10.0. The smallest absolute Gasteiger partial charge is 0.323 e. The maximum absolute atomic E-state index is 13.6. The molecule has 0 amide bonds. The van der Waals surface area contributed by atoms with Crippen LogP contribution < -0.4 is 5.32 Å². The number of alkyl halides is 3. The van der Waals surface area contributed by atoms with E-state index in [9.17, 15) is 17.6 Å². The van der Waals surface area contributed by atoms with E-state index >= 15 is 0 Å². The van der Waals surface area contributed by atoms with Gasteiger partial charge in [-0.05, 0) is 55.3 Å². The van der Waals surface area contributed by atoms with Crippen LogP contribution in [0.1, 0.15) is 16.7 Å². The normalized spacial score (nSPS) is 11.8. The van der Waals surface area contributed by atoms with Crippen molar-refractivity contribution in [2.45, 2.75) is 20.0 Å². The summed E-state index contributed by atoms with van der Waals surface area (Å²) >= 11 is 0. The molecule has 0 aliphatic heterocycles. The topological polar surface area (TPSA) is 53.6 Å². The van der Waals surface area contributed by atoms with E-state index in [4.69, 9.17) is 0 Å². The fraction of sp³-hybridized carbons (Fsp3) is 0.143. The summed E-state index contributed by atoms with van der Waals surface area (Å²) in [6, 6.07) is 11.1. The second-order valence-electron chi connectivity index (χ2n) is 6.73. The summed E-state index contributed by atoms with van der Waals surface area (Å²) in [5, 5.41) is 10.5. The maximum atomic E-state index is 13.6. The lowest BCUT2D eigenvalue weighted by Crippen LogP contribution is -2.08. The molecule has 0 saturated heterocycles. The van der Waals surface area contributed by atoms with E-state index in [1.165, 1.54) is 24.3 Å². The Hall–Kier alpha value is -3.42. The van der Waals surface area contributed by atoms with Gasteiger partial charge in [-0.1, -0.05) is 18.2 Å². The molecule has 0 atom stereocenters. The molecule has 0 aliphatic carbocycles. The van der Waals surface area contributed by atoms with Crippen molar-refractivity contribution in [3.63, 3.8) is 0 Å². The van der Waals surface area contributed by atoms with Gasteiger partial charge in [-0.2, -0.15) is 18.3 Å². The highest BCUT2D eigenvalue weighted by Gasteiger charge is 2.33. The summed E-state index contributed by atoms with van der Waals surface area (Å²) in [4.78, 5) is 4.42. The molecule has 4 nitrogen and oxygen atoms in total. The number of hydrogen-bond donors (Lipinski definition) is 2. The Labute approximate surface area is 163 Å². The first-order chi connectivity index (χ1) is 13.7. The molecule has 4 aromatic rings. The van der Waals surface area contributed by atoms with Gasteiger partial charge in [0.2, 0.25) is 0 Å². The van der Waals surface area contributed by atoms with Crippen molar-refractivity contribution in [1.29, 1.82) is 0 Å². The van der Waals surface area contributed by atoms with Gasteiger partial charge >= 0.3 is 6.18 Å². The monoisotopic (exact) mass is 400 g/mol. The van der Waals surface area contributed by atoms with Crippen molar-refractivity contribution in [1.82, 2.24) is 15.2 Å². The number of hydrogen-bond acceptors (Lipinski definition) is 3. The lowest BCUT2D eigenvalue weighted by Gasteiger charge is -2.16. The van der Waals surface area contributed by atoms with E-state index in [0.717, 1.165) is 17.2 Å². The maximum Gasteiger partial charge on any atom is 0.417 e. The number of nitrogens with zero attached hydrogens (tertiary/aromatic N) is 2. The minimum absolute atomic E-state index is 0.0101. The molecule has 0 unspecified atom stereocenters. The molecule has 0 spiro atoms. The summed E-state index contributed by atoms with van der Waals surface area (Å²) in [5.41, 5.74) is 1.57. The first-order valence-electron chi connectivity index (χ1n) is 8.79. The van der Waals surface area contributed by atoms with Crippen molar-refractivity contribution in [3.8, 4) is 11.3 Å². The number of benzene rings is 2. The van der Waals surface area contributed by atoms with Crippen LogP contribution in [-0.2, 0) is 6.18 Å². The predicted molar refractivity (Wildman–Crippen MR) is 103 cm³/mol. The zero-order valence-electron chi connectivity index (χ0n) is 15.5. The standard InChI is InChI=1S/C21H16F4N4/c1-11-9-18(14-5-3-4-6-16(14)21(23,24)25)26-19(12(11)2)27-20-15-10-13(22)7-8-17(15)28-29-20/h3-10H,1-2H3,(H2,26,27,28,29). The fourth-order valence-corrected chi connectivity index (χ4v) is 3.14.